The molecular weight excluding hydrogens is 342 g/mol. The normalized spacial score (nSPS) is 10.7. The number of nitrogens with one attached hydrogen (secondary N) is 1. The smallest absolute Gasteiger partial charge is 0.163 e. The van der Waals surface area contributed by atoms with Gasteiger partial charge in [-0.25, -0.2) is 0 Å². The lowest BCUT2D eigenvalue weighted by atomic mass is 10.2. The van der Waals surface area contributed by atoms with Crippen molar-refractivity contribution in [2.24, 2.45) is 0 Å². The molecule has 0 amide bonds. The van der Waals surface area contributed by atoms with Gasteiger partial charge in [0.15, 0.2) is 11.5 Å². The Morgan fingerprint density at radius 2 is 1.88 bits per heavy atom. The summed E-state index contributed by atoms with van der Waals surface area (Å²) in [4.78, 5) is 0. The average Bonchev–Trinajstić information content (AvgIpc) is 2.65. The van der Waals surface area contributed by atoms with E-state index in [0.29, 0.717) is 49.4 Å². The Morgan fingerprint density at radius 1 is 1.08 bits per heavy atom. The highest BCUT2D eigenvalue weighted by molar-refractivity contribution is 6.31. The van der Waals surface area contributed by atoms with Gasteiger partial charge in [-0.3, -0.25) is 0 Å². The van der Waals surface area contributed by atoms with Gasteiger partial charge < -0.3 is 24.6 Å². The summed E-state index contributed by atoms with van der Waals surface area (Å²) in [6, 6.07) is 13.6. The number of hydrogen-bond acceptors (Lipinski definition) is 5. The summed E-state index contributed by atoms with van der Waals surface area (Å²) in [5, 5.41) is 12.5. The number of aliphatic hydroxyl groups excluding tert-OH is 1. The molecule has 25 heavy (non-hydrogen) atoms. The van der Waals surface area contributed by atoms with Crippen LogP contribution >= 0.6 is 11.6 Å². The monoisotopic (exact) mass is 365 g/mol. The van der Waals surface area contributed by atoms with Gasteiger partial charge in [0.2, 0.25) is 0 Å². The van der Waals surface area contributed by atoms with E-state index in [1.54, 1.807) is 13.2 Å². The van der Waals surface area contributed by atoms with Gasteiger partial charge in [-0.15, -0.1) is 0 Å². The molecule has 0 bridgehead atoms. The molecule has 0 atom stereocenters. The SMILES string of the molecule is COc1cc(CNCCOCCO)c(Cl)cc1OCc1ccccc1. The van der Waals surface area contributed by atoms with Crippen LogP contribution in [0.4, 0.5) is 0 Å². The van der Waals surface area contributed by atoms with E-state index in [1.807, 2.05) is 36.4 Å². The molecule has 2 aromatic carbocycles. The number of aliphatic hydroxyl groups is 1. The zero-order valence-corrected chi connectivity index (χ0v) is 15.1. The van der Waals surface area contributed by atoms with Crippen molar-refractivity contribution in [3.8, 4) is 11.5 Å². The van der Waals surface area contributed by atoms with Gasteiger partial charge in [-0.2, -0.15) is 0 Å². The fourth-order valence-electron chi connectivity index (χ4n) is 2.25. The van der Waals surface area contributed by atoms with Crippen molar-refractivity contribution in [2.45, 2.75) is 13.2 Å². The van der Waals surface area contributed by atoms with E-state index in [0.717, 1.165) is 11.1 Å². The summed E-state index contributed by atoms with van der Waals surface area (Å²) in [7, 11) is 1.61. The van der Waals surface area contributed by atoms with Gasteiger partial charge in [-0.1, -0.05) is 41.9 Å². The molecule has 0 saturated carbocycles. The van der Waals surface area contributed by atoms with E-state index >= 15 is 0 Å². The second kappa shape index (κ2) is 10.9. The van der Waals surface area contributed by atoms with E-state index in [4.69, 9.17) is 30.9 Å². The molecule has 0 radical (unpaired) electrons. The summed E-state index contributed by atoms with van der Waals surface area (Å²) in [5.74, 6) is 1.26. The first-order valence-electron chi connectivity index (χ1n) is 8.17. The Hall–Kier alpha value is -1.79. The van der Waals surface area contributed by atoms with Gasteiger partial charge in [0.1, 0.15) is 6.61 Å². The molecule has 0 aliphatic heterocycles. The van der Waals surface area contributed by atoms with E-state index in [1.165, 1.54) is 0 Å². The topological polar surface area (TPSA) is 60.0 Å². The van der Waals surface area contributed by atoms with Crippen LogP contribution in [-0.4, -0.2) is 38.6 Å². The third kappa shape index (κ3) is 6.55. The Labute approximate surface area is 153 Å². The largest absolute Gasteiger partial charge is 0.493 e. The van der Waals surface area contributed by atoms with Crippen LogP contribution in [0.5, 0.6) is 11.5 Å². The highest BCUT2D eigenvalue weighted by atomic mass is 35.5. The molecule has 0 spiro atoms. The zero-order chi connectivity index (χ0) is 17.9. The molecule has 0 unspecified atom stereocenters. The molecule has 2 N–H and O–H groups in total. The molecule has 2 aromatic rings. The van der Waals surface area contributed by atoms with Crippen molar-refractivity contribution in [1.29, 1.82) is 0 Å². The number of rotatable bonds is 11. The first-order valence-corrected chi connectivity index (χ1v) is 8.55. The van der Waals surface area contributed by atoms with E-state index in [9.17, 15) is 0 Å². The first kappa shape index (κ1) is 19.5. The van der Waals surface area contributed by atoms with Crippen LogP contribution < -0.4 is 14.8 Å². The number of ether oxygens (including phenoxy) is 3. The van der Waals surface area contributed by atoms with Crippen LogP contribution in [0, 0.1) is 0 Å². The zero-order valence-electron chi connectivity index (χ0n) is 14.3. The summed E-state index contributed by atoms with van der Waals surface area (Å²) in [6.45, 7) is 2.64. The Balaban J connectivity index is 1.92. The summed E-state index contributed by atoms with van der Waals surface area (Å²) < 4.78 is 16.5. The predicted octanol–water partition coefficient (Wildman–Crippen LogP) is 3.03. The minimum atomic E-state index is 0.0352. The summed E-state index contributed by atoms with van der Waals surface area (Å²) in [6.07, 6.45) is 0. The van der Waals surface area contributed by atoms with Crippen molar-refractivity contribution in [3.05, 3.63) is 58.6 Å². The highest BCUT2D eigenvalue weighted by Crippen LogP contribution is 2.33. The number of hydrogen-bond donors (Lipinski definition) is 2. The van der Waals surface area contributed by atoms with Crippen molar-refractivity contribution in [2.75, 3.05) is 33.5 Å². The molecule has 0 aliphatic rings. The van der Waals surface area contributed by atoms with Crippen molar-refractivity contribution < 1.29 is 19.3 Å². The molecule has 0 aromatic heterocycles. The summed E-state index contributed by atoms with van der Waals surface area (Å²) >= 11 is 6.36. The second-order valence-corrected chi connectivity index (χ2v) is 5.79. The minimum Gasteiger partial charge on any atom is -0.493 e. The molecule has 2 rings (SSSR count). The molecule has 0 aliphatic carbocycles. The lowest BCUT2D eigenvalue weighted by Gasteiger charge is -2.14. The molecule has 0 heterocycles. The van der Waals surface area contributed by atoms with Crippen LogP contribution in [0.2, 0.25) is 5.02 Å². The Kier molecular flexibility index (Phi) is 8.55. The lowest BCUT2D eigenvalue weighted by Crippen LogP contribution is -2.20. The first-order chi connectivity index (χ1) is 12.2. The quantitative estimate of drug-likeness (QED) is 0.599. The Morgan fingerprint density at radius 3 is 2.60 bits per heavy atom. The number of benzene rings is 2. The van der Waals surface area contributed by atoms with Gasteiger partial charge in [0, 0.05) is 24.2 Å². The summed E-state index contributed by atoms with van der Waals surface area (Å²) in [5.41, 5.74) is 2.00. The van der Waals surface area contributed by atoms with E-state index in [-0.39, 0.29) is 6.61 Å². The molecule has 136 valence electrons. The van der Waals surface area contributed by atoms with E-state index in [2.05, 4.69) is 5.32 Å². The third-order valence-electron chi connectivity index (χ3n) is 3.54. The standard InChI is InChI=1S/C19H24ClNO4/c1-23-18-11-16(13-21-7-9-24-10-8-22)17(20)12-19(18)25-14-15-5-3-2-4-6-15/h2-6,11-12,21-22H,7-10,13-14H2,1H3. The van der Waals surface area contributed by atoms with Gasteiger partial charge in [0.25, 0.3) is 0 Å². The molecule has 0 saturated heterocycles. The van der Waals surface area contributed by atoms with Crippen molar-refractivity contribution >= 4 is 11.6 Å². The van der Waals surface area contributed by atoms with E-state index < -0.39 is 0 Å². The van der Waals surface area contributed by atoms with Crippen LogP contribution in [-0.2, 0) is 17.9 Å². The van der Waals surface area contributed by atoms with Crippen molar-refractivity contribution in [3.63, 3.8) is 0 Å². The minimum absolute atomic E-state index is 0.0352. The maximum Gasteiger partial charge on any atom is 0.163 e. The fourth-order valence-corrected chi connectivity index (χ4v) is 2.47. The van der Waals surface area contributed by atoms with Crippen molar-refractivity contribution in [1.82, 2.24) is 5.32 Å². The third-order valence-corrected chi connectivity index (χ3v) is 3.90. The molecule has 5 nitrogen and oxygen atoms in total. The molecule has 6 heteroatoms. The fraction of sp³-hybridized carbons (Fsp3) is 0.368. The molecule has 0 fully saturated rings. The average molecular weight is 366 g/mol. The Bertz CT molecular complexity index is 637. The second-order valence-electron chi connectivity index (χ2n) is 5.38. The lowest BCUT2D eigenvalue weighted by molar-refractivity contribution is 0.0938. The van der Waals surface area contributed by atoms with Crippen LogP contribution in [0.1, 0.15) is 11.1 Å². The number of halogens is 1. The number of methoxy groups -OCH3 is 1. The van der Waals surface area contributed by atoms with Gasteiger partial charge in [-0.05, 0) is 17.2 Å². The van der Waals surface area contributed by atoms with Crippen LogP contribution in [0.3, 0.4) is 0 Å². The van der Waals surface area contributed by atoms with Crippen LogP contribution in [0.25, 0.3) is 0 Å². The highest BCUT2D eigenvalue weighted by Gasteiger charge is 2.11. The van der Waals surface area contributed by atoms with Gasteiger partial charge in [0.05, 0.1) is 26.9 Å². The predicted molar refractivity (Wildman–Crippen MR) is 98.4 cm³/mol. The maximum atomic E-state index is 8.65. The van der Waals surface area contributed by atoms with Crippen LogP contribution in [0.15, 0.2) is 42.5 Å². The molecular formula is C19H24ClNO4. The van der Waals surface area contributed by atoms with Gasteiger partial charge >= 0.3 is 0 Å². The maximum absolute atomic E-state index is 8.65.